The first kappa shape index (κ1) is 23.8. The maximum atomic E-state index is 12.9. The van der Waals surface area contributed by atoms with Gasteiger partial charge < -0.3 is 9.64 Å². The van der Waals surface area contributed by atoms with E-state index in [1.54, 1.807) is 30.4 Å². The molecule has 0 aliphatic rings. The molecule has 0 saturated heterocycles. The Morgan fingerprint density at radius 1 is 1.10 bits per heavy atom. The van der Waals surface area contributed by atoms with Gasteiger partial charge in [0.2, 0.25) is 20.0 Å². The van der Waals surface area contributed by atoms with Crippen molar-refractivity contribution in [2.75, 3.05) is 39.3 Å². The second-order valence-corrected chi connectivity index (χ2v) is 11.0. The Labute approximate surface area is 177 Å². The first-order valence-electron chi connectivity index (χ1n) is 8.91. The van der Waals surface area contributed by atoms with E-state index in [1.807, 2.05) is 16.8 Å². The van der Waals surface area contributed by atoms with Crippen molar-refractivity contribution in [3.05, 3.63) is 40.6 Å². The number of benzene rings is 1. The van der Waals surface area contributed by atoms with E-state index in [0.717, 1.165) is 18.1 Å². The summed E-state index contributed by atoms with van der Waals surface area (Å²) in [5.74, 6) is 0. The third kappa shape index (κ3) is 6.24. The minimum atomic E-state index is -4.13. The number of hydrogen-bond acceptors (Lipinski definition) is 7. The maximum absolute atomic E-state index is 12.9. The molecule has 8 nitrogen and oxygen atoms in total. The average molecular weight is 462 g/mol. The van der Waals surface area contributed by atoms with Crippen LogP contribution in [0, 0.1) is 0 Å². The first-order chi connectivity index (χ1) is 13.6. The Morgan fingerprint density at radius 3 is 2.41 bits per heavy atom. The highest BCUT2D eigenvalue weighted by Gasteiger charge is 2.25. The molecule has 2 aromatic rings. The normalized spacial score (nSPS) is 12.4. The van der Waals surface area contributed by atoms with Gasteiger partial charge in [-0.1, -0.05) is 0 Å². The molecule has 2 rings (SSSR count). The minimum absolute atomic E-state index is 0.108. The van der Waals surface area contributed by atoms with Gasteiger partial charge in [-0.3, -0.25) is 0 Å². The molecule has 0 aliphatic carbocycles. The number of methoxy groups -OCH3 is 1. The molecule has 1 heterocycles. The molecule has 0 fully saturated rings. The zero-order chi connectivity index (χ0) is 21.7. The molecule has 0 atom stereocenters. The van der Waals surface area contributed by atoms with Crippen LogP contribution in [0.5, 0.6) is 0 Å². The number of ether oxygens (including phenoxy) is 1. The number of anilines is 1. The van der Waals surface area contributed by atoms with Crippen LogP contribution >= 0.6 is 11.3 Å². The average Bonchev–Trinajstić information content (AvgIpc) is 3.16. The smallest absolute Gasteiger partial charge is 0.242 e. The molecule has 0 bridgehead atoms. The van der Waals surface area contributed by atoms with Crippen LogP contribution in [0.2, 0.25) is 0 Å². The Kier molecular flexibility index (Phi) is 8.20. The highest BCUT2D eigenvalue weighted by molar-refractivity contribution is 7.90. The molecule has 29 heavy (non-hydrogen) atoms. The first-order valence-corrected chi connectivity index (χ1v) is 12.8. The molecule has 0 aliphatic heterocycles. The lowest BCUT2D eigenvalue weighted by Gasteiger charge is -2.23. The Hall–Kier alpha value is -1.50. The minimum Gasteiger partial charge on any atom is -0.385 e. The van der Waals surface area contributed by atoms with E-state index in [1.165, 1.54) is 23.5 Å². The van der Waals surface area contributed by atoms with Crippen LogP contribution < -0.4 is 10.0 Å². The second-order valence-electron chi connectivity index (χ2n) is 6.69. The largest absolute Gasteiger partial charge is 0.385 e. The van der Waals surface area contributed by atoms with E-state index >= 15 is 0 Å². The summed E-state index contributed by atoms with van der Waals surface area (Å²) < 4.78 is 56.3. The van der Waals surface area contributed by atoms with Gasteiger partial charge in [0.25, 0.3) is 0 Å². The molecule has 1 aromatic carbocycles. The van der Waals surface area contributed by atoms with Gasteiger partial charge in [-0.05, 0) is 53.4 Å². The second kappa shape index (κ2) is 10.0. The molecule has 0 unspecified atom stereocenters. The van der Waals surface area contributed by atoms with Crippen LogP contribution in [0.4, 0.5) is 5.69 Å². The number of rotatable bonds is 11. The summed E-state index contributed by atoms with van der Waals surface area (Å²) in [5, 5.41) is 9.29. The van der Waals surface area contributed by atoms with Gasteiger partial charge in [0.05, 0.1) is 10.6 Å². The Balaban J connectivity index is 2.33. The van der Waals surface area contributed by atoms with Crippen molar-refractivity contribution >= 4 is 37.1 Å². The molecule has 1 aromatic heterocycles. The van der Waals surface area contributed by atoms with Crippen molar-refractivity contribution in [1.29, 1.82) is 0 Å². The topological polar surface area (TPSA) is 110 Å². The number of thiophene rings is 1. The van der Waals surface area contributed by atoms with Crippen molar-refractivity contribution in [2.24, 2.45) is 5.14 Å². The standard InChI is InChI=1S/C18H27N3O5S3/c1-20(13-15-8-11-27-14-15)17-7-6-16(12-18(17)28(19,22)23)29(24,25)21(2)9-4-5-10-26-3/h6-8,11-12,14H,4-5,9-10,13H2,1-3H3,(H2,19,22,23). The molecule has 0 spiro atoms. The van der Waals surface area contributed by atoms with Crippen molar-refractivity contribution in [2.45, 2.75) is 29.2 Å². The van der Waals surface area contributed by atoms with Crippen LogP contribution in [0.3, 0.4) is 0 Å². The molecular weight excluding hydrogens is 434 g/mol. The number of nitrogens with two attached hydrogens (primary N) is 1. The van der Waals surface area contributed by atoms with Crippen molar-refractivity contribution < 1.29 is 21.6 Å². The molecule has 162 valence electrons. The summed E-state index contributed by atoms with van der Waals surface area (Å²) >= 11 is 1.54. The summed E-state index contributed by atoms with van der Waals surface area (Å²) in [4.78, 5) is 1.40. The summed E-state index contributed by atoms with van der Waals surface area (Å²) in [6, 6.07) is 5.97. The fourth-order valence-electron chi connectivity index (χ4n) is 2.82. The summed E-state index contributed by atoms with van der Waals surface area (Å²) in [7, 11) is -3.18. The summed E-state index contributed by atoms with van der Waals surface area (Å²) in [5.41, 5.74) is 1.37. The van der Waals surface area contributed by atoms with E-state index < -0.39 is 20.0 Å². The van der Waals surface area contributed by atoms with Crippen molar-refractivity contribution in [3.8, 4) is 0 Å². The fraction of sp³-hybridized carbons (Fsp3) is 0.444. The lowest BCUT2D eigenvalue weighted by Crippen LogP contribution is -2.29. The Morgan fingerprint density at radius 2 is 1.83 bits per heavy atom. The highest BCUT2D eigenvalue weighted by atomic mass is 32.2. The van der Waals surface area contributed by atoms with Gasteiger partial charge in [-0.25, -0.2) is 26.3 Å². The molecular formula is C18H27N3O5S3. The maximum Gasteiger partial charge on any atom is 0.242 e. The third-order valence-corrected chi connectivity index (χ3v) is 7.95. The molecule has 0 radical (unpaired) electrons. The van der Waals surface area contributed by atoms with E-state index in [-0.39, 0.29) is 9.79 Å². The van der Waals surface area contributed by atoms with Gasteiger partial charge >= 0.3 is 0 Å². The highest BCUT2D eigenvalue weighted by Crippen LogP contribution is 2.29. The fourth-order valence-corrected chi connectivity index (χ4v) is 5.60. The predicted molar refractivity (Wildman–Crippen MR) is 115 cm³/mol. The molecule has 11 heteroatoms. The zero-order valence-corrected chi connectivity index (χ0v) is 19.2. The monoisotopic (exact) mass is 461 g/mol. The lowest BCUT2D eigenvalue weighted by molar-refractivity contribution is 0.191. The van der Waals surface area contributed by atoms with Gasteiger partial charge in [0.1, 0.15) is 4.90 Å². The number of sulfonamides is 2. The van der Waals surface area contributed by atoms with Crippen LogP contribution in [0.15, 0.2) is 44.8 Å². The lowest BCUT2D eigenvalue weighted by atomic mass is 10.2. The third-order valence-electron chi connectivity index (χ3n) is 4.43. The van der Waals surface area contributed by atoms with Gasteiger partial charge in [-0.15, -0.1) is 0 Å². The van der Waals surface area contributed by atoms with Crippen molar-refractivity contribution in [1.82, 2.24) is 4.31 Å². The molecule has 0 saturated carbocycles. The van der Waals surface area contributed by atoms with E-state index in [2.05, 4.69) is 0 Å². The van der Waals surface area contributed by atoms with E-state index in [4.69, 9.17) is 9.88 Å². The predicted octanol–water partition coefficient (Wildman–Crippen LogP) is 2.08. The number of hydrogen-bond donors (Lipinski definition) is 1. The zero-order valence-electron chi connectivity index (χ0n) is 16.7. The number of unbranched alkanes of at least 4 members (excludes halogenated alkanes) is 1. The van der Waals surface area contributed by atoms with Crippen LogP contribution in [-0.4, -0.2) is 55.5 Å². The van der Waals surface area contributed by atoms with E-state index in [9.17, 15) is 16.8 Å². The summed E-state index contributed by atoms with van der Waals surface area (Å²) in [6.45, 7) is 1.32. The SMILES string of the molecule is COCCCCN(C)S(=O)(=O)c1ccc(N(C)Cc2ccsc2)c(S(N)(=O)=O)c1. The van der Waals surface area contributed by atoms with Crippen molar-refractivity contribution in [3.63, 3.8) is 0 Å². The van der Waals surface area contributed by atoms with Gasteiger partial charge in [0, 0.05) is 40.9 Å². The molecule has 0 amide bonds. The van der Waals surface area contributed by atoms with E-state index in [0.29, 0.717) is 31.8 Å². The quantitative estimate of drug-likeness (QED) is 0.513. The number of primary sulfonamides is 1. The van der Waals surface area contributed by atoms with Crippen LogP contribution in [-0.2, 0) is 31.3 Å². The van der Waals surface area contributed by atoms with Crippen LogP contribution in [0.1, 0.15) is 18.4 Å². The number of nitrogens with zero attached hydrogens (tertiary/aromatic N) is 2. The van der Waals surface area contributed by atoms with Gasteiger partial charge in [-0.2, -0.15) is 11.3 Å². The Bertz CT molecular complexity index is 1010. The van der Waals surface area contributed by atoms with Crippen LogP contribution in [0.25, 0.3) is 0 Å². The summed E-state index contributed by atoms with van der Waals surface area (Å²) in [6.07, 6.45) is 1.36. The van der Waals surface area contributed by atoms with Gasteiger partial charge in [0.15, 0.2) is 0 Å². The molecule has 2 N–H and O–H groups in total.